The normalized spacial score (nSPS) is 10.4. The number of hydrogen-bond donors (Lipinski definition) is 0. The second-order valence-electron chi connectivity index (χ2n) is 2.77. The second-order valence-corrected chi connectivity index (χ2v) is 3.69. The van der Waals surface area contributed by atoms with Crippen molar-refractivity contribution in [3.8, 4) is 0 Å². The summed E-state index contributed by atoms with van der Waals surface area (Å²) in [5, 5.41) is 0.939. The maximum atomic E-state index is 9.92. The van der Waals surface area contributed by atoms with E-state index < -0.39 is 0 Å². The molecule has 0 fully saturated rings. The highest BCUT2D eigenvalue weighted by molar-refractivity contribution is 9.10. The lowest BCUT2D eigenvalue weighted by Crippen LogP contribution is -1.87. The van der Waals surface area contributed by atoms with E-state index in [0.717, 1.165) is 21.0 Å². The van der Waals surface area contributed by atoms with E-state index in [0.29, 0.717) is 0 Å². The summed E-state index contributed by atoms with van der Waals surface area (Å²) < 4.78 is 10.8. The summed E-state index contributed by atoms with van der Waals surface area (Å²) in [6, 6.07) is 5.66. The van der Waals surface area contributed by atoms with Crippen LogP contribution >= 0.6 is 15.9 Å². The molecule has 0 atom stereocenters. The third-order valence-electron chi connectivity index (χ3n) is 1.90. The molecule has 0 amide bonds. The molecule has 0 aliphatic rings. The van der Waals surface area contributed by atoms with Crippen molar-refractivity contribution in [2.75, 3.05) is 0 Å². The molecule has 2 aromatic rings. The zero-order valence-electron chi connectivity index (χ0n) is 7.12. The predicted octanol–water partition coefficient (Wildman–Crippen LogP) is 2.78. The first-order valence-electron chi connectivity index (χ1n) is 3.96. The summed E-state index contributed by atoms with van der Waals surface area (Å²) in [5.74, 6) is 0. The van der Waals surface area contributed by atoms with Crippen molar-refractivity contribution in [2.24, 2.45) is 0 Å². The molecule has 1 aromatic carbocycles. The molecule has 2 rings (SSSR count). The number of ether oxygens (including phenoxy) is 1. The van der Waals surface area contributed by atoms with E-state index in [4.69, 9.17) is 4.42 Å². The molecule has 4 heteroatoms. The molecule has 0 saturated carbocycles. The van der Waals surface area contributed by atoms with Crippen LogP contribution in [0.5, 0.6) is 0 Å². The first kappa shape index (κ1) is 9.27. The first-order valence-corrected chi connectivity index (χ1v) is 4.75. The van der Waals surface area contributed by atoms with Crippen molar-refractivity contribution < 1.29 is 13.9 Å². The van der Waals surface area contributed by atoms with Crippen LogP contribution in [-0.4, -0.2) is 6.47 Å². The molecule has 1 heterocycles. The van der Waals surface area contributed by atoms with E-state index in [2.05, 4.69) is 20.7 Å². The van der Waals surface area contributed by atoms with Crippen LogP contribution in [0, 0.1) is 0 Å². The Bertz CT molecular complexity index is 461. The second kappa shape index (κ2) is 3.84. The minimum Gasteiger partial charge on any atom is -0.464 e. The molecule has 71 valence electrons. The molecule has 14 heavy (non-hydrogen) atoms. The lowest BCUT2D eigenvalue weighted by Gasteiger charge is -1.95. The summed E-state index contributed by atoms with van der Waals surface area (Å²) in [7, 11) is 0. The van der Waals surface area contributed by atoms with Gasteiger partial charge in [0.15, 0.2) is 0 Å². The van der Waals surface area contributed by atoms with Gasteiger partial charge in [0.05, 0.1) is 6.26 Å². The standard InChI is InChI=1S/C10H6BrO3/c11-8-1-2-10-9(3-8)7(5-14-10)4-13-6-12/h1-3,5H,4H2. The van der Waals surface area contributed by atoms with Gasteiger partial charge in [-0.05, 0) is 18.2 Å². The molecule has 1 radical (unpaired) electrons. The van der Waals surface area contributed by atoms with Crippen molar-refractivity contribution in [1.29, 1.82) is 0 Å². The fourth-order valence-corrected chi connectivity index (χ4v) is 1.63. The van der Waals surface area contributed by atoms with Crippen molar-refractivity contribution in [3.63, 3.8) is 0 Å². The molecule has 3 nitrogen and oxygen atoms in total. The average Bonchev–Trinajstić information content (AvgIpc) is 2.57. The number of furan rings is 1. The molecule has 0 aliphatic heterocycles. The van der Waals surface area contributed by atoms with Gasteiger partial charge < -0.3 is 9.15 Å². The zero-order chi connectivity index (χ0) is 9.97. The molecular weight excluding hydrogens is 248 g/mol. The number of halogens is 1. The van der Waals surface area contributed by atoms with E-state index in [9.17, 15) is 4.79 Å². The van der Waals surface area contributed by atoms with Crippen LogP contribution < -0.4 is 0 Å². The number of rotatable bonds is 3. The lowest BCUT2D eigenvalue weighted by molar-refractivity contribution is 0.267. The van der Waals surface area contributed by atoms with Gasteiger partial charge in [0.1, 0.15) is 12.2 Å². The monoisotopic (exact) mass is 253 g/mol. The summed E-state index contributed by atoms with van der Waals surface area (Å²) in [4.78, 5) is 9.92. The minimum atomic E-state index is 0.187. The SMILES string of the molecule is O=[C]OCc1coc2ccc(Br)cc12. The van der Waals surface area contributed by atoms with Gasteiger partial charge in [0.25, 0.3) is 0 Å². The Morgan fingerprint density at radius 1 is 1.50 bits per heavy atom. The topological polar surface area (TPSA) is 39.4 Å². The van der Waals surface area contributed by atoms with Crippen molar-refractivity contribution in [2.45, 2.75) is 6.61 Å². The van der Waals surface area contributed by atoms with Crippen molar-refractivity contribution in [1.82, 2.24) is 0 Å². The highest BCUT2D eigenvalue weighted by atomic mass is 79.9. The molecule has 0 bridgehead atoms. The molecule has 0 spiro atoms. The molecule has 0 N–H and O–H groups in total. The van der Waals surface area contributed by atoms with E-state index in [1.165, 1.54) is 6.47 Å². The van der Waals surface area contributed by atoms with E-state index in [1.807, 2.05) is 18.2 Å². The summed E-state index contributed by atoms with van der Waals surface area (Å²) in [5.41, 5.74) is 1.61. The van der Waals surface area contributed by atoms with Gasteiger partial charge in [0, 0.05) is 15.4 Å². The van der Waals surface area contributed by atoms with Crippen molar-refractivity contribution >= 4 is 33.4 Å². The van der Waals surface area contributed by atoms with E-state index >= 15 is 0 Å². The number of benzene rings is 1. The lowest BCUT2D eigenvalue weighted by atomic mass is 10.2. The first-order chi connectivity index (χ1) is 6.81. The van der Waals surface area contributed by atoms with Gasteiger partial charge in [-0.25, -0.2) is 4.79 Å². The Balaban J connectivity index is 2.44. The Kier molecular flexibility index (Phi) is 2.54. The zero-order valence-corrected chi connectivity index (χ0v) is 8.71. The smallest absolute Gasteiger partial charge is 0.417 e. The van der Waals surface area contributed by atoms with Gasteiger partial charge in [-0.3, -0.25) is 0 Å². The molecule has 1 aromatic heterocycles. The highest BCUT2D eigenvalue weighted by Gasteiger charge is 2.06. The predicted molar refractivity (Wildman–Crippen MR) is 54.4 cm³/mol. The van der Waals surface area contributed by atoms with Crippen LogP contribution in [0.4, 0.5) is 0 Å². The Hall–Kier alpha value is -1.29. The van der Waals surface area contributed by atoms with Crippen molar-refractivity contribution in [3.05, 3.63) is 34.5 Å². The minimum absolute atomic E-state index is 0.187. The average molecular weight is 254 g/mol. The third-order valence-corrected chi connectivity index (χ3v) is 2.40. The molecule has 0 aliphatic carbocycles. The summed E-state index contributed by atoms with van der Waals surface area (Å²) in [6.07, 6.45) is 1.58. The van der Waals surface area contributed by atoms with Gasteiger partial charge in [-0.2, -0.15) is 0 Å². The van der Waals surface area contributed by atoms with Crippen LogP contribution in [0.25, 0.3) is 11.0 Å². The number of fused-ring (bicyclic) bond motifs is 1. The van der Waals surface area contributed by atoms with Crippen LogP contribution in [0.3, 0.4) is 0 Å². The fourth-order valence-electron chi connectivity index (χ4n) is 1.27. The Labute approximate surface area is 88.8 Å². The molecule has 0 unspecified atom stereocenters. The number of hydrogen-bond acceptors (Lipinski definition) is 3. The van der Waals surface area contributed by atoms with Crippen LogP contribution in [0.1, 0.15) is 5.56 Å². The van der Waals surface area contributed by atoms with Gasteiger partial charge >= 0.3 is 6.47 Å². The summed E-state index contributed by atoms with van der Waals surface area (Å²) >= 11 is 3.36. The Morgan fingerprint density at radius 2 is 2.36 bits per heavy atom. The molecule has 0 saturated heterocycles. The fraction of sp³-hybridized carbons (Fsp3) is 0.100. The van der Waals surface area contributed by atoms with Crippen LogP contribution in [0.2, 0.25) is 0 Å². The van der Waals surface area contributed by atoms with Gasteiger partial charge in [0.2, 0.25) is 0 Å². The largest absolute Gasteiger partial charge is 0.464 e. The quantitative estimate of drug-likeness (QED) is 0.845. The Morgan fingerprint density at radius 3 is 3.14 bits per heavy atom. The maximum absolute atomic E-state index is 9.92. The third kappa shape index (κ3) is 1.65. The van der Waals surface area contributed by atoms with E-state index in [1.54, 1.807) is 6.26 Å². The highest BCUT2D eigenvalue weighted by Crippen LogP contribution is 2.25. The summed E-state index contributed by atoms with van der Waals surface area (Å²) in [6.45, 7) is 1.57. The molecular formula is C10H6BrO3. The van der Waals surface area contributed by atoms with Gasteiger partial charge in [-0.15, -0.1) is 0 Å². The van der Waals surface area contributed by atoms with E-state index in [-0.39, 0.29) is 6.61 Å². The number of carbonyl (C=O) groups excluding carboxylic acids is 1. The van der Waals surface area contributed by atoms with Crippen LogP contribution in [-0.2, 0) is 16.1 Å². The van der Waals surface area contributed by atoms with Crippen LogP contribution in [0.15, 0.2) is 33.4 Å². The maximum Gasteiger partial charge on any atom is 0.417 e. The van der Waals surface area contributed by atoms with Gasteiger partial charge in [-0.1, -0.05) is 15.9 Å².